The molecule has 1 fully saturated rings. The molecule has 0 amide bonds. The number of aliphatic carboxylic acids is 1. The maximum Gasteiger partial charge on any atom is 0.321 e. The number of hydrogen-bond donors (Lipinski definition) is 1. The Hall–Kier alpha value is -1.25. The lowest BCUT2D eigenvalue weighted by atomic mass is 10.0. The number of thiophene rings is 1. The summed E-state index contributed by atoms with van der Waals surface area (Å²) < 4.78 is 6.64. The van der Waals surface area contributed by atoms with Crippen LogP contribution in [-0.4, -0.2) is 38.8 Å². The zero-order chi connectivity index (χ0) is 15.0. The van der Waals surface area contributed by atoms with E-state index in [4.69, 9.17) is 4.42 Å². The van der Waals surface area contributed by atoms with E-state index in [2.05, 4.69) is 26.1 Å². The van der Waals surface area contributed by atoms with Crippen LogP contribution in [0.5, 0.6) is 0 Å². The fraction of sp³-hybridized carbons (Fsp3) is 0.462. The molecule has 3 heterocycles. The Morgan fingerprint density at radius 3 is 3.05 bits per heavy atom. The second-order valence-electron chi connectivity index (χ2n) is 5.12. The molecular formula is C13H14BrN3O3S. The summed E-state index contributed by atoms with van der Waals surface area (Å²) in [5.74, 6) is 0.273. The summed E-state index contributed by atoms with van der Waals surface area (Å²) in [5.41, 5.74) is 0. The van der Waals surface area contributed by atoms with Crippen LogP contribution in [-0.2, 0) is 11.3 Å². The number of likely N-dealkylation sites (tertiary alicyclic amines) is 1. The van der Waals surface area contributed by atoms with Crippen LogP contribution >= 0.6 is 27.3 Å². The molecule has 0 spiro atoms. The van der Waals surface area contributed by atoms with Crippen molar-refractivity contribution in [1.29, 1.82) is 0 Å². The van der Waals surface area contributed by atoms with E-state index in [1.807, 2.05) is 24.0 Å². The molecule has 2 aromatic rings. The maximum absolute atomic E-state index is 11.3. The highest BCUT2D eigenvalue weighted by Crippen LogP contribution is 2.31. The number of aromatic nitrogens is 2. The van der Waals surface area contributed by atoms with E-state index in [0.29, 0.717) is 18.3 Å². The number of carboxylic acid groups (broad SMARTS) is 1. The summed E-state index contributed by atoms with van der Waals surface area (Å²) in [6.45, 7) is 3.07. The number of nitrogens with zero attached hydrogens (tertiary/aromatic N) is 3. The van der Waals surface area contributed by atoms with Crippen LogP contribution in [0.3, 0.4) is 0 Å². The molecule has 1 N–H and O–H groups in total. The molecule has 1 aliphatic heterocycles. The molecule has 8 heteroatoms. The van der Waals surface area contributed by atoms with E-state index >= 15 is 0 Å². The van der Waals surface area contributed by atoms with Gasteiger partial charge in [-0.25, -0.2) is 0 Å². The van der Waals surface area contributed by atoms with Crippen molar-refractivity contribution in [3.8, 4) is 10.8 Å². The van der Waals surface area contributed by atoms with Gasteiger partial charge in [0.15, 0.2) is 0 Å². The Morgan fingerprint density at radius 1 is 1.57 bits per heavy atom. The maximum atomic E-state index is 11.3. The Morgan fingerprint density at radius 2 is 2.38 bits per heavy atom. The predicted octanol–water partition coefficient (Wildman–Crippen LogP) is 2.86. The van der Waals surface area contributed by atoms with Crippen LogP contribution in [0.2, 0.25) is 0 Å². The molecule has 2 aromatic heterocycles. The van der Waals surface area contributed by atoms with E-state index in [1.54, 1.807) is 0 Å². The molecule has 6 nitrogen and oxygen atoms in total. The monoisotopic (exact) mass is 371 g/mol. The number of hydrogen-bond acceptors (Lipinski definition) is 6. The van der Waals surface area contributed by atoms with Crippen molar-refractivity contribution in [2.45, 2.75) is 25.9 Å². The average Bonchev–Trinajstić information content (AvgIpc) is 3.11. The van der Waals surface area contributed by atoms with Gasteiger partial charge in [0.05, 0.1) is 15.2 Å². The van der Waals surface area contributed by atoms with Crippen LogP contribution in [0, 0.1) is 5.92 Å². The topological polar surface area (TPSA) is 79.5 Å². The minimum Gasteiger partial charge on any atom is -0.480 e. The lowest BCUT2D eigenvalue weighted by Crippen LogP contribution is -2.38. The highest BCUT2D eigenvalue weighted by molar-refractivity contribution is 9.11. The summed E-state index contributed by atoms with van der Waals surface area (Å²) in [4.78, 5) is 14.1. The highest BCUT2D eigenvalue weighted by Gasteiger charge is 2.37. The second kappa shape index (κ2) is 5.86. The van der Waals surface area contributed by atoms with Crippen LogP contribution < -0.4 is 0 Å². The van der Waals surface area contributed by atoms with E-state index in [0.717, 1.165) is 21.6 Å². The summed E-state index contributed by atoms with van der Waals surface area (Å²) in [6, 6.07) is 3.35. The van der Waals surface area contributed by atoms with Crippen LogP contribution in [0.1, 0.15) is 19.2 Å². The van der Waals surface area contributed by atoms with Gasteiger partial charge in [0.1, 0.15) is 6.04 Å². The van der Waals surface area contributed by atoms with Gasteiger partial charge < -0.3 is 9.52 Å². The number of carbonyl (C=O) groups is 1. The number of halogens is 1. The lowest BCUT2D eigenvalue weighted by Gasteiger charge is -2.21. The van der Waals surface area contributed by atoms with Gasteiger partial charge in [0, 0.05) is 0 Å². The quantitative estimate of drug-likeness (QED) is 0.889. The fourth-order valence-corrected chi connectivity index (χ4v) is 3.93. The molecule has 112 valence electrons. The van der Waals surface area contributed by atoms with Crippen LogP contribution in [0.25, 0.3) is 10.8 Å². The van der Waals surface area contributed by atoms with Crippen molar-refractivity contribution in [1.82, 2.24) is 15.1 Å². The third-order valence-corrected chi connectivity index (χ3v) is 5.26. The fourth-order valence-electron chi connectivity index (χ4n) is 2.62. The van der Waals surface area contributed by atoms with Crippen LogP contribution in [0.4, 0.5) is 0 Å². The first-order chi connectivity index (χ1) is 10.0. The summed E-state index contributed by atoms with van der Waals surface area (Å²) in [5, 5.41) is 17.4. The van der Waals surface area contributed by atoms with Crippen molar-refractivity contribution in [3.63, 3.8) is 0 Å². The Balaban J connectivity index is 1.74. The summed E-state index contributed by atoms with van der Waals surface area (Å²) in [7, 11) is 0. The van der Waals surface area contributed by atoms with E-state index < -0.39 is 12.0 Å². The first-order valence-corrected chi connectivity index (χ1v) is 8.20. The van der Waals surface area contributed by atoms with Crippen molar-refractivity contribution in [2.24, 2.45) is 5.92 Å². The van der Waals surface area contributed by atoms with Gasteiger partial charge in [-0.1, -0.05) is 6.92 Å². The third-order valence-electron chi connectivity index (χ3n) is 3.65. The summed E-state index contributed by atoms with van der Waals surface area (Å²) in [6.07, 6.45) is 0.871. The molecule has 3 rings (SSSR count). The third kappa shape index (κ3) is 3.02. The van der Waals surface area contributed by atoms with E-state index in [9.17, 15) is 9.90 Å². The Kier molecular flexibility index (Phi) is 4.10. The molecule has 21 heavy (non-hydrogen) atoms. The van der Waals surface area contributed by atoms with Gasteiger partial charge in [-0.3, -0.25) is 9.69 Å². The SMILES string of the molecule is CC1CCN(Cc2nnc(-c3ccc(Br)s3)o2)C1C(=O)O. The molecule has 0 bridgehead atoms. The van der Waals surface area contributed by atoms with E-state index in [1.165, 1.54) is 11.3 Å². The lowest BCUT2D eigenvalue weighted by molar-refractivity contribution is -0.143. The minimum atomic E-state index is -0.790. The van der Waals surface area contributed by atoms with Gasteiger partial charge in [-0.2, -0.15) is 0 Å². The highest BCUT2D eigenvalue weighted by atomic mass is 79.9. The molecule has 0 aromatic carbocycles. The van der Waals surface area contributed by atoms with Crippen molar-refractivity contribution >= 4 is 33.2 Å². The van der Waals surface area contributed by atoms with Gasteiger partial charge in [-0.15, -0.1) is 21.5 Å². The number of rotatable bonds is 4. The van der Waals surface area contributed by atoms with Crippen molar-refractivity contribution < 1.29 is 14.3 Å². The molecule has 0 radical (unpaired) electrons. The first-order valence-electron chi connectivity index (χ1n) is 6.59. The molecule has 1 aliphatic rings. The normalized spacial score (nSPS) is 22.8. The van der Waals surface area contributed by atoms with Crippen molar-refractivity contribution in [2.75, 3.05) is 6.54 Å². The minimum absolute atomic E-state index is 0.137. The van der Waals surface area contributed by atoms with Crippen molar-refractivity contribution in [3.05, 3.63) is 21.8 Å². The second-order valence-corrected chi connectivity index (χ2v) is 7.59. The zero-order valence-electron chi connectivity index (χ0n) is 11.3. The Labute approximate surface area is 133 Å². The van der Waals surface area contributed by atoms with Gasteiger partial charge in [0.2, 0.25) is 5.89 Å². The van der Waals surface area contributed by atoms with E-state index in [-0.39, 0.29) is 5.92 Å². The predicted molar refractivity (Wildman–Crippen MR) is 80.9 cm³/mol. The smallest absolute Gasteiger partial charge is 0.321 e. The molecule has 2 atom stereocenters. The zero-order valence-corrected chi connectivity index (χ0v) is 13.7. The van der Waals surface area contributed by atoms with Gasteiger partial charge in [0.25, 0.3) is 5.89 Å². The van der Waals surface area contributed by atoms with Gasteiger partial charge in [-0.05, 0) is 46.9 Å². The standard InChI is InChI=1S/C13H14BrN3O3S/c1-7-4-5-17(11(7)13(18)19)6-10-15-16-12(20-10)8-2-3-9(14)21-8/h2-3,7,11H,4-6H2,1H3,(H,18,19). The molecule has 2 unspecified atom stereocenters. The summed E-state index contributed by atoms with van der Waals surface area (Å²) >= 11 is 4.91. The molecule has 1 saturated heterocycles. The van der Waals surface area contributed by atoms with Gasteiger partial charge >= 0.3 is 5.97 Å². The first kappa shape index (κ1) is 14.7. The Bertz CT molecular complexity index is 657. The molecular weight excluding hydrogens is 358 g/mol. The van der Waals surface area contributed by atoms with Crippen LogP contribution in [0.15, 0.2) is 20.3 Å². The average molecular weight is 372 g/mol. The largest absolute Gasteiger partial charge is 0.480 e. The number of carboxylic acids is 1. The molecule has 0 saturated carbocycles. The molecule has 0 aliphatic carbocycles.